The number of hydrogen-bond acceptors (Lipinski definition) is 4. The molecule has 0 aliphatic carbocycles. The van der Waals surface area contributed by atoms with Crippen molar-refractivity contribution in [1.82, 2.24) is 0 Å². The Bertz CT molecular complexity index is 2630. The fourth-order valence-corrected chi connectivity index (χ4v) is 12.8. The lowest BCUT2D eigenvalue weighted by Crippen LogP contribution is -2.42. The zero-order valence-electron chi connectivity index (χ0n) is 43.6. The van der Waals surface area contributed by atoms with Crippen LogP contribution in [0.25, 0.3) is 42.2 Å². The van der Waals surface area contributed by atoms with E-state index in [1.165, 1.54) is 149 Å². The van der Waals surface area contributed by atoms with Crippen LogP contribution in [0.5, 0.6) is 0 Å². The topological polar surface area (TPSA) is 24.5 Å². The van der Waals surface area contributed by atoms with Crippen LogP contribution in [0.2, 0.25) is 0 Å². The van der Waals surface area contributed by atoms with E-state index >= 15 is 17.3 Å². The van der Waals surface area contributed by atoms with Gasteiger partial charge < -0.3 is 35.5 Å². The Balaban J connectivity index is 1.05. The number of hydrogen-bond donors (Lipinski definition) is 0. The predicted molar refractivity (Wildman–Crippen MR) is 309 cm³/mol. The molecule has 12 heteroatoms. The Morgan fingerprint density at radius 3 is 1.03 bits per heavy atom. The highest BCUT2D eigenvalue weighted by Gasteiger charge is 2.50. The third-order valence-electron chi connectivity index (χ3n) is 14.4. The van der Waals surface area contributed by atoms with Gasteiger partial charge in [0.15, 0.2) is 11.4 Å². The average Bonchev–Trinajstić information content (AvgIpc) is 4.04. The van der Waals surface area contributed by atoms with Crippen molar-refractivity contribution in [3.05, 3.63) is 156 Å². The van der Waals surface area contributed by atoms with Crippen LogP contribution in [-0.4, -0.2) is 35.5 Å². The van der Waals surface area contributed by atoms with Crippen LogP contribution in [0.3, 0.4) is 0 Å². The molecule has 74 heavy (non-hydrogen) atoms. The first-order valence-electron chi connectivity index (χ1n) is 27.8. The summed E-state index contributed by atoms with van der Waals surface area (Å²) in [5.74, 6) is 0.292. The van der Waals surface area contributed by atoms with Crippen LogP contribution < -0.4 is 0 Å². The highest BCUT2D eigenvalue weighted by Crippen LogP contribution is 2.47. The Hall–Kier alpha value is -5.45. The average molecular weight is 1040 g/mol. The van der Waals surface area contributed by atoms with Gasteiger partial charge in [0.05, 0.1) is 11.5 Å². The standard InChI is InChI=1S/C62H74B2F4N2O2S2/c1-3-5-7-9-11-13-15-17-19-23-29-53-47-59(51-39-35-49(36-40-51)57-43-45-69(63(65,66)71-57)55-31-25-21-26-32-55)73-61(53)62-54(30-24-20-18-16-14-12-10-8-6-4-2)48-60(74-62)52-41-37-50(38-42-52)58-44-46-70(64(67,68)72-58)56-33-27-22-28-34-56/h21-22,25-28,31-48H,3-20,23-24,29-30H2,1-2H3. The van der Waals surface area contributed by atoms with Gasteiger partial charge in [-0.2, -0.15) is 0 Å². The summed E-state index contributed by atoms with van der Waals surface area (Å²) in [7, 11) is -8.64. The maximum Gasteiger partial charge on any atom is 0.834 e. The number of nitrogens with zero attached hydrogens (tertiary/aromatic N) is 2. The number of aryl methyl sites for hydroxylation is 2. The van der Waals surface area contributed by atoms with Crippen molar-refractivity contribution < 1.29 is 35.5 Å². The third kappa shape index (κ3) is 14.9. The van der Waals surface area contributed by atoms with Crippen molar-refractivity contribution in [3.8, 4) is 30.6 Å². The lowest BCUT2D eigenvalue weighted by atomic mass is 9.98. The molecule has 8 rings (SSSR count). The lowest BCUT2D eigenvalue weighted by Gasteiger charge is -2.27. The highest BCUT2D eigenvalue weighted by molar-refractivity contribution is 7.25. The highest BCUT2D eigenvalue weighted by atomic mass is 32.1. The first kappa shape index (κ1) is 54.8. The number of rotatable bonds is 29. The molecule has 4 heterocycles. The number of benzene rings is 4. The summed E-state index contributed by atoms with van der Waals surface area (Å²) in [5, 5.41) is 0. The second-order valence-electron chi connectivity index (χ2n) is 20.2. The SMILES string of the molecule is CCCCCCCCCCCCc1cc(-c2ccc(C3=CC=[N+](c4ccccc4)[B-](F)(F)O3)cc2)sc1-c1sc(-c2ccc(C3=CC=[N+](c4ccccc4)[B-](F)(F)O3)cc2)cc1CCCCCCCCCCCC. The maximum absolute atomic E-state index is 15.5. The van der Waals surface area contributed by atoms with Crippen molar-refractivity contribution in [3.63, 3.8) is 0 Å². The predicted octanol–water partition coefficient (Wildman–Crippen LogP) is 20.1. The molecular formula is C62H74B2F4N2O2S2. The van der Waals surface area contributed by atoms with E-state index in [-0.39, 0.29) is 11.5 Å². The van der Waals surface area contributed by atoms with Gasteiger partial charge >= 0.3 is 14.1 Å². The van der Waals surface area contributed by atoms with Gasteiger partial charge in [0.2, 0.25) is 0 Å². The summed E-state index contributed by atoms with van der Waals surface area (Å²) in [5.41, 5.74) is 6.73. The fourth-order valence-electron chi connectivity index (χ4n) is 10.1. The van der Waals surface area contributed by atoms with Gasteiger partial charge in [0.1, 0.15) is 12.4 Å². The van der Waals surface area contributed by atoms with Crippen LogP contribution in [0.15, 0.2) is 133 Å². The molecule has 6 aromatic rings. The van der Waals surface area contributed by atoms with E-state index in [0.717, 1.165) is 55.5 Å². The second-order valence-corrected chi connectivity index (χ2v) is 22.3. The molecule has 0 spiro atoms. The maximum atomic E-state index is 15.5. The molecular weight excluding hydrogens is 966 g/mol. The molecule has 2 aliphatic rings. The summed E-state index contributed by atoms with van der Waals surface area (Å²) in [6, 6.07) is 37.5. The lowest BCUT2D eigenvalue weighted by molar-refractivity contribution is -0.346. The van der Waals surface area contributed by atoms with Gasteiger partial charge in [-0.25, -0.2) is 0 Å². The first-order valence-corrected chi connectivity index (χ1v) is 29.4. The Morgan fingerprint density at radius 2 is 0.703 bits per heavy atom. The molecule has 0 bridgehead atoms. The molecule has 0 radical (unpaired) electrons. The molecule has 0 atom stereocenters. The van der Waals surface area contributed by atoms with Gasteiger partial charge in [-0.3, -0.25) is 0 Å². The Kier molecular flexibility index (Phi) is 20.3. The van der Waals surface area contributed by atoms with Crippen molar-refractivity contribution in [2.24, 2.45) is 0 Å². The molecule has 0 unspecified atom stereocenters. The van der Waals surface area contributed by atoms with Crippen LogP contribution in [0, 0.1) is 0 Å². The normalized spacial score (nSPS) is 14.9. The molecule has 2 aromatic heterocycles. The minimum Gasteiger partial charge on any atom is -0.599 e. The van der Waals surface area contributed by atoms with Gasteiger partial charge in [0.25, 0.3) is 0 Å². The first-order chi connectivity index (χ1) is 36.1. The zero-order chi connectivity index (χ0) is 51.6. The van der Waals surface area contributed by atoms with Crippen molar-refractivity contribution >= 4 is 72.1 Å². The van der Waals surface area contributed by atoms with Crippen molar-refractivity contribution in [1.29, 1.82) is 0 Å². The van der Waals surface area contributed by atoms with E-state index in [2.05, 4.69) is 26.0 Å². The van der Waals surface area contributed by atoms with Crippen molar-refractivity contribution in [2.45, 2.75) is 155 Å². The van der Waals surface area contributed by atoms with E-state index in [4.69, 9.17) is 9.31 Å². The molecule has 0 N–H and O–H groups in total. The van der Waals surface area contributed by atoms with E-state index < -0.39 is 14.1 Å². The summed E-state index contributed by atoms with van der Waals surface area (Å²) >= 11 is 3.64. The summed E-state index contributed by atoms with van der Waals surface area (Å²) in [4.78, 5) is 4.90. The van der Waals surface area contributed by atoms with Crippen LogP contribution in [0.1, 0.15) is 165 Å². The number of thiophene rings is 2. The number of unbranched alkanes of at least 4 members (excludes halogenated alkanes) is 18. The Morgan fingerprint density at radius 1 is 0.392 bits per heavy atom. The third-order valence-corrected chi connectivity index (χ3v) is 17.0. The molecule has 0 fully saturated rings. The second kappa shape index (κ2) is 27.4. The summed E-state index contributed by atoms with van der Waals surface area (Å²) < 4.78 is 74.5. The van der Waals surface area contributed by atoms with E-state index in [9.17, 15) is 0 Å². The minimum atomic E-state index is -4.32. The van der Waals surface area contributed by atoms with Gasteiger partial charge in [-0.05, 0) is 60.1 Å². The number of halogens is 4. The van der Waals surface area contributed by atoms with Gasteiger partial charge in [-0.1, -0.05) is 214 Å². The monoisotopic (exact) mass is 1040 g/mol. The molecule has 4 nitrogen and oxygen atoms in total. The molecule has 0 saturated carbocycles. The largest absolute Gasteiger partial charge is 0.834 e. The van der Waals surface area contributed by atoms with Gasteiger partial charge in [0, 0.05) is 67.1 Å². The molecule has 0 saturated heterocycles. The molecule has 4 aromatic carbocycles. The zero-order valence-corrected chi connectivity index (χ0v) is 45.2. The van der Waals surface area contributed by atoms with E-state index in [1.54, 1.807) is 72.8 Å². The van der Waals surface area contributed by atoms with Crippen molar-refractivity contribution in [2.75, 3.05) is 0 Å². The van der Waals surface area contributed by atoms with Crippen LogP contribution in [0.4, 0.5) is 28.6 Å². The molecule has 390 valence electrons. The summed E-state index contributed by atoms with van der Waals surface area (Å²) in [6.45, 7) is 4.53. The molecule has 0 amide bonds. The summed E-state index contributed by atoms with van der Waals surface area (Å²) in [6.07, 6.45) is 33.5. The van der Waals surface area contributed by atoms with Gasteiger partial charge in [-0.15, -0.1) is 22.7 Å². The fraction of sp³-hybridized carbons (Fsp3) is 0.387. The number of para-hydroxylation sites is 2. The quantitative estimate of drug-likeness (QED) is 0.0266. The van der Waals surface area contributed by atoms with Crippen LogP contribution >= 0.6 is 22.7 Å². The Labute approximate surface area is 446 Å². The van der Waals surface area contributed by atoms with E-state index in [0.29, 0.717) is 22.5 Å². The minimum absolute atomic E-state index is 0.146. The van der Waals surface area contributed by atoms with E-state index in [1.807, 2.05) is 71.2 Å². The van der Waals surface area contributed by atoms with Crippen LogP contribution in [-0.2, 0) is 22.2 Å². The molecule has 2 aliphatic heterocycles. The smallest absolute Gasteiger partial charge is 0.599 e. The number of allylic oxidation sites excluding steroid dienone is 2.